The third-order valence-electron chi connectivity index (χ3n) is 2.35. The SMILES string of the molecule is O=C1NCC(Cc2ccc(C(=O)O)s2)CO1. The monoisotopic (exact) mass is 241 g/mol. The lowest BCUT2D eigenvalue weighted by Gasteiger charge is -2.21. The lowest BCUT2D eigenvalue weighted by molar-refractivity contribution is 0.0702. The summed E-state index contributed by atoms with van der Waals surface area (Å²) in [6.07, 6.45) is 0.353. The predicted octanol–water partition coefficient (Wildman–Crippen LogP) is 1.34. The number of nitrogens with one attached hydrogen (secondary N) is 1. The van der Waals surface area contributed by atoms with Crippen LogP contribution < -0.4 is 5.32 Å². The van der Waals surface area contributed by atoms with Gasteiger partial charge in [0, 0.05) is 17.3 Å². The predicted molar refractivity (Wildman–Crippen MR) is 57.8 cm³/mol. The second-order valence-corrected chi connectivity index (χ2v) is 4.79. The third-order valence-corrected chi connectivity index (χ3v) is 3.44. The van der Waals surface area contributed by atoms with Gasteiger partial charge in [0.25, 0.3) is 0 Å². The van der Waals surface area contributed by atoms with Crippen LogP contribution in [-0.2, 0) is 11.2 Å². The zero-order valence-electron chi connectivity index (χ0n) is 8.43. The molecule has 5 nitrogen and oxygen atoms in total. The van der Waals surface area contributed by atoms with Crippen molar-refractivity contribution < 1.29 is 19.4 Å². The first-order valence-corrected chi connectivity index (χ1v) is 5.69. The van der Waals surface area contributed by atoms with Gasteiger partial charge in [-0.25, -0.2) is 9.59 Å². The number of carbonyl (C=O) groups excluding carboxylic acids is 1. The molecule has 2 N–H and O–H groups in total. The van der Waals surface area contributed by atoms with Gasteiger partial charge in [0.2, 0.25) is 0 Å². The number of aromatic carboxylic acids is 1. The molecule has 0 aromatic carbocycles. The van der Waals surface area contributed by atoms with Gasteiger partial charge in [0.1, 0.15) is 4.88 Å². The number of ether oxygens (including phenoxy) is 1. The minimum Gasteiger partial charge on any atom is -0.477 e. The van der Waals surface area contributed by atoms with E-state index >= 15 is 0 Å². The van der Waals surface area contributed by atoms with E-state index in [9.17, 15) is 9.59 Å². The molecular weight excluding hydrogens is 230 g/mol. The van der Waals surface area contributed by atoms with E-state index in [-0.39, 0.29) is 12.0 Å². The van der Waals surface area contributed by atoms with Crippen molar-refractivity contribution in [3.05, 3.63) is 21.9 Å². The summed E-state index contributed by atoms with van der Waals surface area (Å²) in [7, 11) is 0. The third kappa shape index (κ3) is 2.52. The van der Waals surface area contributed by atoms with Crippen molar-refractivity contribution in [2.75, 3.05) is 13.2 Å². The highest BCUT2D eigenvalue weighted by Gasteiger charge is 2.20. The molecule has 1 aromatic heterocycles. The maximum Gasteiger partial charge on any atom is 0.407 e. The van der Waals surface area contributed by atoms with Gasteiger partial charge >= 0.3 is 12.1 Å². The molecule has 1 aromatic rings. The Morgan fingerprint density at radius 3 is 3.00 bits per heavy atom. The van der Waals surface area contributed by atoms with Crippen molar-refractivity contribution in [2.24, 2.45) is 5.92 Å². The quantitative estimate of drug-likeness (QED) is 0.837. The number of thiophene rings is 1. The van der Waals surface area contributed by atoms with E-state index in [4.69, 9.17) is 9.84 Å². The molecule has 1 aliphatic heterocycles. The van der Waals surface area contributed by atoms with E-state index in [0.717, 1.165) is 11.3 Å². The molecule has 2 rings (SSSR count). The van der Waals surface area contributed by atoms with Crippen LogP contribution >= 0.6 is 11.3 Å². The van der Waals surface area contributed by atoms with Crippen molar-refractivity contribution in [3.63, 3.8) is 0 Å². The van der Waals surface area contributed by atoms with Gasteiger partial charge in [-0.05, 0) is 18.6 Å². The summed E-state index contributed by atoms with van der Waals surface area (Å²) in [4.78, 5) is 22.8. The van der Waals surface area contributed by atoms with Crippen molar-refractivity contribution in [2.45, 2.75) is 6.42 Å². The van der Waals surface area contributed by atoms with Gasteiger partial charge in [-0.3, -0.25) is 0 Å². The van der Waals surface area contributed by atoms with Gasteiger partial charge < -0.3 is 15.2 Å². The maximum absolute atomic E-state index is 10.7. The summed E-state index contributed by atoms with van der Waals surface area (Å²) in [5.74, 6) is -0.678. The largest absolute Gasteiger partial charge is 0.477 e. The van der Waals surface area contributed by atoms with Crippen LogP contribution in [0.1, 0.15) is 14.5 Å². The second kappa shape index (κ2) is 4.52. The van der Waals surface area contributed by atoms with E-state index < -0.39 is 5.97 Å². The van der Waals surface area contributed by atoms with E-state index in [1.165, 1.54) is 11.3 Å². The Hall–Kier alpha value is -1.56. The van der Waals surface area contributed by atoms with Crippen molar-refractivity contribution in [1.29, 1.82) is 0 Å². The minimum absolute atomic E-state index is 0.220. The molecule has 1 saturated heterocycles. The summed E-state index contributed by atoms with van der Waals surface area (Å²) in [5, 5.41) is 11.4. The molecule has 1 amide bonds. The first kappa shape index (κ1) is 10.9. The van der Waals surface area contributed by atoms with Gasteiger partial charge in [-0.1, -0.05) is 0 Å². The van der Waals surface area contributed by atoms with Crippen LogP contribution in [0.2, 0.25) is 0 Å². The van der Waals surface area contributed by atoms with Crippen LogP contribution in [-0.4, -0.2) is 30.3 Å². The van der Waals surface area contributed by atoms with Crippen LogP contribution in [0, 0.1) is 5.92 Å². The number of carboxylic acid groups (broad SMARTS) is 1. The normalized spacial score (nSPS) is 20.0. The average molecular weight is 241 g/mol. The van der Waals surface area contributed by atoms with Crippen LogP contribution in [0.25, 0.3) is 0 Å². The Balaban J connectivity index is 1.93. The Bertz CT molecular complexity index is 405. The van der Waals surface area contributed by atoms with Crippen LogP contribution in [0.4, 0.5) is 4.79 Å². The molecule has 0 radical (unpaired) electrons. The number of rotatable bonds is 3. The van der Waals surface area contributed by atoms with E-state index in [0.29, 0.717) is 18.0 Å². The molecule has 0 saturated carbocycles. The van der Waals surface area contributed by atoms with Gasteiger partial charge in [0.05, 0.1) is 6.61 Å². The van der Waals surface area contributed by atoms with Crippen molar-refractivity contribution in [1.82, 2.24) is 5.32 Å². The summed E-state index contributed by atoms with van der Waals surface area (Å²) in [6.45, 7) is 0.977. The Labute approximate surface area is 96.0 Å². The molecule has 0 spiro atoms. The maximum atomic E-state index is 10.7. The lowest BCUT2D eigenvalue weighted by atomic mass is 10.1. The van der Waals surface area contributed by atoms with Gasteiger partial charge in [0.15, 0.2) is 0 Å². The average Bonchev–Trinajstić information content (AvgIpc) is 2.70. The number of carbonyl (C=O) groups is 2. The Morgan fingerprint density at radius 2 is 2.44 bits per heavy atom. The highest BCUT2D eigenvalue weighted by atomic mass is 32.1. The highest BCUT2D eigenvalue weighted by Crippen LogP contribution is 2.20. The molecule has 2 heterocycles. The topological polar surface area (TPSA) is 75.6 Å². The number of cyclic esters (lactones) is 1. The fourth-order valence-corrected chi connectivity index (χ4v) is 2.51. The second-order valence-electron chi connectivity index (χ2n) is 3.62. The molecule has 86 valence electrons. The standard InChI is InChI=1S/C10H11NO4S/c12-9(13)8-2-1-7(16-8)3-6-4-11-10(14)15-5-6/h1-2,6H,3-5H2,(H,11,14)(H,12,13). The zero-order valence-corrected chi connectivity index (χ0v) is 9.25. The van der Waals surface area contributed by atoms with Gasteiger partial charge in [-0.2, -0.15) is 0 Å². The molecule has 1 aliphatic rings. The molecule has 1 unspecified atom stereocenters. The molecule has 16 heavy (non-hydrogen) atoms. The highest BCUT2D eigenvalue weighted by molar-refractivity contribution is 7.13. The van der Waals surface area contributed by atoms with E-state index in [2.05, 4.69) is 5.32 Å². The van der Waals surface area contributed by atoms with Gasteiger partial charge in [-0.15, -0.1) is 11.3 Å². The minimum atomic E-state index is -0.899. The Morgan fingerprint density at radius 1 is 1.62 bits per heavy atom. The molecule has 6 heteroatoms. The van der Waals surface area contributed by atoms with E-state index in [1.54, 1.807) is 6.07 Å². The summed E-state index contributed by atoms with van der Waals surface area (Å²) >= 11 is 1.27. The summed E-state index contributed by atoms with van der Waals surface area (Å²) in [6, 6.07) is 3.41. The first-order chi connectivity index (χ1) is 7.65. The van der Waals surface area contributed by atoms with Crippen molar-refractivity contribution >= 4 is 23.4 Å². The van der Waals surface area contributed by atoms with Crippen LogP contribution in [0.5, 0.6) is 0 Å². The number of hydrogen-bond acceptors (Lipinski definition) is 4. The zero-order chi connectivity index (χ0) is 11.5. The first-order valence-electron chi connectivity index (χ1n) is 4.88. The number of hydrogen-bond donors (Lipinski definition) is 2. The van der Waals surface area contributed by atoms with Crippen LogP contribution in [0.15, 0.2) is 12.1 Å². The molecule has 1 atom stereocenters. The lowest BCUT2D eigenvalue weighted by Crippen LogP contribution is -2.39. The molecular formula is C10H11NO4S. The fraction of sp³-hybridized carbons (Fsp3) is 0.400. The molecule has 0 aliphatic carbocycles. The fourth-order valence-electron chi connectivity index (χ4n) is 1.55. The smallest absolute Gasteiger partial charge is 0.407 e. The number of alkyl carbamates (subject to hydrolysis) is 1. The molecule has 0 bridgehead atoms. The Kier molecular flexibility index (Phi) is 3.09. The van der Waals surface area contributed by atoms with Crippen molar-refractivity contribution in [3.8, 4) is 0 Å². The van der Waals surface area contributed by atoms with E-state index in [1.807, 2.05) is 6.07 Å². The van der Waals surface area contributed by atoms with Crippen LogP contribution in [0.3, 0.4) is 0 Å². The summed E-state index contributed by atoms with van der Waals surface area (Å²) in [5.41, 5.74) is 0. The molecule has 1 fully saturated rings. The number of amides is 1. The number of carboxylic acids is 1. The summed E-state index contributed by atoms with van der Waals surface area (Å²) < 4.78 is 4.86.